The first-order chi connectivity index (χ1) is 25.6. The fourth-order valence-electron chi connectivity index (χ4n) is 8.88. The van der Waals surface area contributed by atoms with Crippen LogP contribution in [0.4, 0.5) is 0 Å². The van der Waals surface area contributed by atoms with Crippen molar-refractivity contribution in [3.63, 3.8) is 0 Å². The highest BCUT2D eigenvalue weighted by Gasteiger charge is 2.42. The molecule has 1 aromatic heterocycles. The third-order valence-corrected chi connectivity index (χ3v) is 11.5. The van der Waals surface area contributed by atoms with Crippen LogP contribution < -0.4 is 0 Å². The predicted molar refractivity (Wildman–Crippen MR) is 228 cm³/mol. The minimum Gasteiger partial charge on any atom is -0.456 e. The maximum Gasteiger partial charge on any atom is 0.136 e. The second-order valence-corrected chi connectivity index (χ2v) is 15.0. The molecule has 270 valence electrons. The Balaban J connectivity index is 1.36. The number of allylic oxidation sites excluding steroid dienone is 7. The molecule has 0 saturated carbocycles. The monoisotopic (exact) mass is 688 g/mol. The van der Waals surface area contributed by atoms with Gasteiger partial charge in [-0.25, -0.2) is 0 Å². The van der Waals surface area contributed by atoms with E-state index in [-0.39, 0.29) is 5.41 Å². The van der Waals surface area contributed by atoms with Crippen molar-refractivity contribution in [1.82, 2.24) is 0 Å². The molecular formula is C51H60O. The van der Waals surface area contributed by atoms with Gasteiger partial charge in [-0.1, -0.05) is 176 Å². The van der Waals surface area contributed by atoms with Crippen molar-refractivity contribution < 1.29 is 4.42 Å². The van der Waals surface area contributed by atoms with E-state index in [1.165, 1.54) is 118 Å². The van der Waals surface area contributed by atoms with Crippen LogP contribution in [-0.2, 0) is 5.41 Å². The van der Waals surface area contributed by atoms with Crippen LogP contribution in [0.1, 0.15) is 134 Å². The minimum absolute atomic E-state index is 0.0771. The number of hydrogen-bond donors (Lipinski definition) is 0. The SMILES string of the molecule is C=C/C=C(\C=C/C)C(=C\C)/c1ccc2c(c1)oc1cc(-c3ccc4c(c3)C(CCCCCCCC)(CCCCCCCC)c3ccccc3-4)ccc12. The smallest absolute Gasteiger partial charge is 0.136 e. The molecule has 0 aliphatic heterocycles. The van der Waals surface area contributed by atoms with Gasteiger partial charge in [-0.2, -0.15) is 0 Å². The highest BCUT2D eigenvalue weighted by atomic mass is 16.3. The van der Waals surface area contributed by atoms with Crippen LogP contribution >= 0.6 is 0 Å². The molecule has 0 fully saturated rings. The lowest BCUT2D eigenvalue weighted by Gasteiger charge is -2.33. The molecular weight excluding hydrogens is 629 g/mol. The van der Waals surface area contributed by atoms with Crippen molar-refractivity contribution in [1.29, 1.82) is 0 Å². The van der Waals surface area contributed by atoms with E-state index in [0.29, 0.717) is 0 Å². The van der Waals surface area contributed by atoms with E-state index in [1.807, 2.05) is 6.08 Å². The molecule has 0 unspecified atom stereocenters. The van der Waals surface area contributed by atoms with E-state index in [4.69, 9.17) is 4.42 Å². The van der Waals surface area contributed by atoms with Crippen molar-refractivity contribution in [2.24, 2.45) is 0 Å². The normalized spacial score (nSPS) is 14.1. The summed E-state index contributed by atoms with van der Waals surface area (Å²) in [7, 11) is 0. The van der Waals surface area contributed by atoms with Gasteiger partial charge in [-0.15, -0.1) is 0 Å². The topological polar surface area (TPSA) is 13.1 Å². The van der Waals surface area contributed by atoms with Crippen molar-refractivity contribution in [2.45, 2.75) is 123 Å². The van der Waals surface area contributed by atoms with Gasteiger partial charge in [-0.05, 0) is 107 Å². The molecule has 1 aliphatic carbocycles. The van der Waals surface area contributed by atoms with E-state index in [1.54, 1.807) is 11.1 Å². The zero-order valence-corrected chi connectivity index (χ0v) is 32.4. The number of rotatable bonds is 19. The Morgan fingerprint density at radius 1 is 0.635 bits per heavy atom. The van der Waals surface area contributed by atoms with Gasteiger partial charge < -0.3 is 4.42 Å². The molecule has 0 bridgehead atoms. The Labute approximate surface area is 314 Å². The summed E-state index contributed by atoms with van der Waals surface area (Å²) in [5, 5.41) is 2.32. The zero-order chi connectivity index (χ0) is 36.3. The largest absolute Gasteiger partial charge is 0.456 e. The second-order valence-electron chi connectivity index (χ2n) is 15.0. The molecule has 0 atom stereocenters. The highest BCUT2D eigenvalue weighted by molar-refractivity contribution is 6.07. The summed E-state index contributed by atoms with van der Waals surface area (Å²) in [6.45, 7) is 12.7. The van der Waals surface area contributed by atoms with Gasteiger partial charge in [0.2, 0.25) is 0 Å². The van der Waals surface area contributed by atoms with Gasteiger partial charge in [0.15, 0.2) is 0 Å². The highest BCUT2D eigenvalue weighted by Crippen LogP contribution is 2.55. The maximum atomic E-state index is 6.64. The molecule has 0 radical (unpaired) electrons. The quantitative estimate of drug-likeness (QED) is 0.0622. The van der Waals surface area contributed by atoms with Crippen molar-refractivity contribution >= 4 is 27.5 Å². The van der Waals surface area contributed by atoms with Gasteiger partial charge >= 0.3 is 0 Å². The molecule has 5 aromatic rings. The van der Waals surface area contributed by atoms with E-state index in [2.05, 4.69) is 137 Å². The number of fused-ring (bicyclic) bond motifs is 6. The lowest BCUT2D eigenvalue weighted by Crippen LogP contribution is -2.25. The van der Waals surface area contributed by atoms with Crippen molar-refractivity contribution in [3.05, 3.63) is 138 Å². The number of furan rings is 1. The van der Waals surface area contributed by atoms with Crippen LogP contribution in [-0.4, -0.2) is 0 Å². The molecule has 1 aliphatic rings. The summed E-state index contributed by atoms with van der Waals surface area (Å²) >= 11 is 0. The van der Waals surface area contributed by atoms with E-state index in [9.17, 15) is 0 Å². The fraction of sp³-hybridized carbons (Fsp3) is 0.373. The standard InChI is InChI=1S/C51H60O/c1-6-11-13-15-17-21-33-51(34-22-18-16-14-12-7-2)47-26-20-19-25-43(47)44-30-27-39(35-48(44)51)40-28-31-45-46-32-29-41(37-50(46)52-49(45)36-40)42(10-5)38(23-8-3)24-9-4/h8-10,19-20,23-32,35-37H,3,6-7,11-18,21-22,33-34H2,1-2,4-5H3/b24-9-,38-23+,42-10+. The van der Waals surface area contributed by atoms with Crippen LogP contribution in [0.5, 0.6) is 0 Å². The third-order valence-electron chi connectivity index (χ3n) is 11.5. The average Bonchev–Trinajstić information content (AvgIpc) is 3.67. The minimum atomic E-state index is 0.0771. The Hall–Kier alpha value is -4.36. The molecule has 1 nitrogen and oxygen atoms in total. The fourth-order valence-corrected chi connectivity index (χ4v) is 8.88. The summed E-state index contributed by atoms with van der Waals surface area (Å²) < 4.78 is 6.64. The first kappa shape index (κ1) is 37.4. The van der Waals surface area contributed by atoms with Crippen LogP contribution in [0.25, 0.3) is 49.8 Å². The molecule has 0 spiro atoms. The molecule has 1 heterocycles. The summed E-state index contributed by atoms with van der Waals surface area (Å²) in [6, 6.07) is 30.1. The van der Waals surface area contributed by atoms with Crippen molar-refractivity contribution in [2.75, 3.05) is 0 Å². The Morgan fingerprint density at radius 2 is 1.23 bits per heavy atom. The van der Waals surface area contributed by atoms with Crippen LogP contribution in [0.3, 0.4) is 0 Å². The summed E-state index contributed by atoms with van der Waals surface area (Å²) in [4.78, 5) is 0. The number of hydrogen-bond acceptors (Lipinski definition) is 1. The van der Waals surface area contributed by atoms with Crippen molar-refractivity contribution in [3.8, 4) is 22.3 Å². The Kier molecular flexibility index (Phi) is 12.9. The number of unbranched alkanes of at least 4 members (excludes halogenated alkanes) is 10. The Bertz CT molecular complexity index is 2040. The van der Waals surface area contributed by atoms with Gasteiger partial charge in [0.05, 0.1) is 0 Å². The molecule has 0 amide bonds. The van der Waals surface area contributed by atoms with Crippen LogP contribution in [0.2, 0.25) is 0 Å². The Morgan fingerprint density at radius 3 is 1.90 bits per heavy atom. The molecule has 1 heteroatoms. The molecule has 0 N–H and O–H groups in total. The number of benzene rings is 4. The zero-order valence-electron chi connectivity index (χ0n) is 32.4. The lowest BCUT2D eigenvalue weighted by molar-refractivity contribution is 0.398. The summed E-state index contributed by atoms with van der Waals surface area (Å²) in [6.07, 6.45) is 28.8. The van der Waals surface area contributed by atoms with Crippen LogP contribution in [0, 0.1) is 0 Å². The predicted octanol–water partition coefficient (Wildman–Crippen LogP) is 16.1. The van der Waals surface area contributed by atoms with E-state index < -0.39 is 0 Å². The summed E-state index contributed by atoms with van der Waals surface area (Å²) in [5.74, 6) is 0. The van der Waals surface area contributed by atoms with Crippen LogP contribution in [0.15, 0.2) is 126 Å². The first-order valence-electron chi connectivity index (χ1n) is 20.4. The lowest BCUT2D eigenvalue weighted by atomic mass is 9.70. The van der Waals surface area contributed by atoms with Gasteiger partial charge in [0.1, 0.15) is 11.2 Å². The third kappa shape index (κ3) is 7.85. The van der Waals surface area contributed by atoms with Gasteiger partial charge in [0.25, 0.3) is 0 Å². The molecule has 0 saturated heterocycles. The first-order valence-corrected chi connectivity index (χ1v) is 20.4. The van der Waals surface area contributed by atoms with Gasteiger partial charge in [-0.3, -0.25) is 0 Å². The second kappa shape index (κ2) is 17.9. The summed E-state index contributed by atoms with van der Waals surface area (Å²) in [5.41, 5.74) is 13.9. The molecule has 52 heavy (non-hydrogen) atoms. The maximum absolute atomic E-state index is 6.64. The molecule has 6 rings (SSSR count). The van der Waals surface area contributed by atoms with Gasteiger partial charge in [0, 0.05) is 16.2 Å². The average molecular weight is 689 g/mol. The van der Waals surface area contributed by atoms with E-state index in [0.717, 1.165) is 33.1 Å². The van der Waals surface area contributed by atoms with E-state index >= 15 is 0 Å². The molecule has 4 aromatic carbocycles.